The van der Waals surface area contributed by atoms with E-state index in [4.69, 9.17) is 0 Å². The van der Waals surface area contributed by atoms with E-state index in [1.165, 1.54) is 38.2 Å². The van der Waals surface area contributed by atoms with Gasteiger partial charge in [0.05, 0.1) is 0 Å². The molecule has 1 radical (unpaired) electrons. The first-order valence-electron chi connectivity index (χ1n) is 5.83. The number of halogens is 1. The first-order chi connectivity index (χ1) is 7.10. The lowest BCUT2D eigenvalue weighted by atomic mass is 9.38. The Hall–Kier alpha value is 0.205. The summed E-state index contributed by atoms with van der Waals surface area (Å²) in [6.45, 7) is 3.66. The summed E-state index contributed by atoms with van der Waals surface area (Å²) in [4.78, 5) is 12.0. The lowest BCUT2D eigenvalue weighted by molar-refractivity contribution is -0.118. The molecule has 3 heteroatoms. The van der Waals surface area contributed by atoms with Crippen LogP contribution in [0.3, 0.4) is 0 Å². The van der Waals surface area contributed by atoms with Crippen molar-refractivity contribution in [1.82, 2.24) is 0 Å². The van der Waals surface area contributed by atoms with Gasteiger partial charge in [-0.3, -0.25) is 4.79 Å². The van der Waals surface area contributed by atoms with E-state index in [2.05, 4.69) is 36.4 Å². The molecule has 2 atom stereocenters. The van der Waals surface area contributed by atoms with Gasteiger partial charge in [-0.25, -0.2) is 0 Å². The summed E-state index contributed by atoms with van der Waals surface area (Å²) in [6.07, 6.45) is 9.78. The van der Waals surface area contributed by atoms with E-state index in [9.17, 15) is 4.79 Å². The van der Waals surface area contributed by atoms with E-state index in [1.54, 1.807) is 0 Å². The van der Waals surface area contributed by atoms with E-state index in [0.717, 1.165) is 12.8 Å². The molecule has 0 aromatic rings. The second kappa shape index (κ2) is 4.23. The molecule has 0 N–H and O–H groups in total. The standard InChI is InChI=1S/C12H17BIO/c1-2-10(15)11-6-3-4-8-12(14,13-11)9-5-7-11/h2H,1,3-9H2. The second-order valence-electron chi connectivity index (χ2n) is 4.96. The zero-order valence-corrected chi connectivity index (χ0v) is 11.3. The van der Waals surface area contributed by atoms with Gasteiger partial charge in [-0.1, -0.05) is 48.4 Å². The normalized spacial score (nSPS) is 40.1. The van der Waals surface area contributed by atoms with Crippen molar-refractivity contribution >= 4 is 35.7 Å². The van der Waals surface area contributed by atoms with E-state index in [1.807, 2.05) is 0 Å². The van der Waals surface area contributed by atoms with E-state index >= 15 is 0 Å². The molecule has 2 rings (SSSR count). The van der Waals surface area contributed by atoms with Crippen LogP contribution in [0.1, 0.15) is 44.9 Å². The van der Waals surface area contributed by atoms with Crippen LogP contribution in [0.25, 0.3) is 0 Å². The molecule has 2 saturated heterocycles. The Morgan fingerprint density at radius 3 is 2.53 bits per heavy atom. The summed E-state index contributed by atoms with van der Waals surface area (Å²) in [7, 11) is 2.36. The van der Waals surface area contributed by atoms with Gasteiger partial charge in [0, 0.05) is 5.31 Å². The summed E-state index contributed by atoms with van der Waals surface area (Å²) >= 11 is 2.56. The van der Waals surface area contributed by atoms with Gasteiger partial charge in [-0.2, -0.15) is 0 Å². The molecule has 2 unspecified atom stereocenters. The smallest absolute Gasteiger partial charge is 0.153 e. The molecule has 2 heterocycles. The van der Waals surface area contributed by atoms with Crippen LogP contribution in [-0.2, 0) is 4.79 Å². The predicted octanol–water partition coefficient (Wildman–Crippen LogP) is 3.49. The van der Waals surface area contributed by atoms with Gasteiger partial charge in [-0.05, 0) is 35.1 Å². The largest absolute Gasteiger partial charge is 0.295 e. The summed E-state index contributed by atoms with van der Waals surface area (Å²) in [5, 5.41) is -0.155. The van der Waals surface area contributed by atoms with E-state index < -0.39 is 0 Å². The van der Waals surface area contributed by atoms with Gasteiger partial charge in [0.25, 0.3) is 0 Å². The first-order valence-corrected chi connectivity index (χ1v) is 6.91. The van der Waals surface area contributed by atoms with Crippen molar-refractivity contribution < 1.29 is 4.79 Å². The second-order valence-corrected chi connectivity index (χ2v) is 7.11. The SMILES string of the molecule is C=CC(=O)C12[B]C(I)(CCCC1)CCC2. The third-order valence-corrected chi connectivity index (χ3v) is 5.28. The van der Waals surface area contributed by atoms with Crippen LogP contribution < -0.4 is 0 Å². The van der Waals surface area contributed by atoms with Crippen molar-refractivity contribution in [3.63, 3.8) is 0 Å². The van der Waals surface area contributed by atoms with Crippen LogP contribution in [0.4, 0.5) is 0 Å². The third-order valence-electron chi connectivity index (χ3n) is 3.89. The van der Waals surface area contributed by atoms with Gasteiger partial charge >= 0.3 is 0 Å². The number of hydrogen-bond donors (Lipinski definition) is 0. The number of alkyl halides is 1. The minimum atomic E-state index is -0.155. The average Bonchev–Trinajstić information content (AvgIpc) is 2.34. The average molecular weight is 315 g/mol. The van der Waals surface area contributed by atoms with E-state index in [-0.39, 0.29) is 14.4 Å². The Balaban J connectivity index is 2.29. The molecule has 0 amide bonds. The number of ketones is 1. The fourth-order valence-electron chi connectivity index (χ4n) is 3.11. The molecule has 2 fully saturated rings. The maximum Gasteiger partial charge on any atom is 0.153 e. The van der Waals surface area contributed by atoms with Crippen molar-refractivity contribution in [3.05, 3.63) is 12.7 Å². The Kier molecular flexibility index (Phi) is 3.29. The minimum absolute atomic E-state index is 0.155. The lowest BCUT2D eigenvalue weighted by Crippen LogP contribution is -2.43. The van der Waals surface area contributed by atoms with Crippen LogP contribution in [0.5, 0.6) is 0 Å². The van der Waals surface area contributed by atoms with Crippen LogP contribution in [-0.4, -0.2) is 16.4 Å². The highest BCUT2D eigenvalue weighted by atomic mass is 127. The Morgan fingerprint density at radius 2 is 1.80 bits per heavy atom. The van der Waals surface area contributed by atoms with Gasteiger partial charge in [0.1, 0.15) is 7.28 Å². The summed E-state index contributed by atoms with van der Waals surface area (Å²) in [5.41, 5.74) is 0. The maximum absolute atomic E-state index is 12.0. The number of carbonyl (C=O) groups is 1. The van der Waals surface area contributed by atoms with Gasteiger partial charge in [0.2, 0.25) is 0 Å². The molecule has 0 aromatic carbocycles. The highest BCUT2D eigenvalue weighted by Crippen LogP contribution is 2.52. The van der Waals surface area contributed by atoms with Crippen molar-refractivity contribution in [2.75, 3.05) is 0 Å². The van der Waals surface area contributed by atoms with Crippen LogP contribution in [0.15, 0.2) is 12.7 Å². The fourth-order valence-corrected chi connectivity index (χ4v) is 4.47. The topological polar surface area (TPSA) is 17.1 Å². The predicted molar refractivity (Wildman–Crippen MR) is 72.7 cm³/mol. The highest BCUT2D eigenvalue weighted by Gasteiger charge is 2.48. The van der Waals surface area contributed by atoms with Crippen molar-refractivity contribution in [2.24, 2.45) is 0 Å². The Labute approximate surface area is 106 Å². The van der Waals surface area contributed by atoms with Crippen molar-refractivity contribution in [1.29, 1.82) is 0 Å². The minimum Gasteiger partial charge on any atom is -0.295 e. The van der Waals surface area contributed by atoms with Crippen LogP contribution in [0.2, 0.25) is 5.31 Å². The molecule has 2 bridgehead atoms. The number of hydrogen-bond acceptors (Lipinski definition) is 1. The number of carbonyl (C=O) groups excluding carboxylic acids is 1. The molecule has 0 aromatic heterocycles. The summed E-state index contributed by atoms with van der Waals surface area (Å²) in [5.74, 6) is 0.255. The summed E-state index contributed by atoms with van der Waals surface area (Å²) < 4.78 is 0.283. The first kappa shape index (κ1) is 11.7. The zero-order chi connectivity index (χ0) is 10.9. The van der Waals surface area contributed by atoms with Gasteiger partial charge in [-0.15, -0.1) is 0 Å². The fraction of sp³-hybridized carbons (Fsp3) is 0.750. The number of allylic oxidation sites excluding steroid dienone is 1. The molecule has 0 spiro atoms. The molecule has 15 heavy (non-hydrogen) atoms. The molecule has 2 aliphatic rings. The Morgan fingerprint density at radius 1 is 1.20 bits per heavy atom. The Bertz CT molecular complexity index is 291. The molecule has 2 aliphatic heterocycles. The molecule has 1 nitrogen and oxygen atoms in total. The maximum atomic E-state index is 12.0. The molecule has 0 saturated carbocycles. The number of fused-ring (bicyclic) bond motifs is 2. The number of rotatable bonds is 2. The lowest BCUT2D eigenvalue weighted by Gasteiger charge is -2.41. The third kappa shape index (κ3) is 2.17. The van der Waals surface area contributed by atoms with Gasteiger partial charge in [0.15, 0.2) is 5.78 Å². The highest BCUT2D eigenvalue weighted by molar-refractivity contribution is 14.1. The van der Waals surface area contributed by atoms with Crippen molar-refractivity contribution in [2.45, 2.75) is 53.6 Å². The van der Waals surface area contributed by atoms with Crippen molar-refractivity contribution in [3.8, 4) is 0 Å². The molecular weight excluding hydrogens is 298 g/mol. The molecule has 81 valence electrons. The van der Waals surface area contributed by atoms with Crippen LogP contribution in [0, 0.1) is 0 Å². The molecular formula is C12H17BIO. The zero-order valence-electron chi connectivity index (χ0n) is 9.10. The quantitative estimate of drug-likeness (QED) is 0.330. The summed E-state index contributed by atoms with van der Waals surface area (Å²) in [6, 6.07) is 0. The monoisotopic (exact) mass is 315 g/mol. The molecule has 0 aliphatic carbocycles. The van der Waals surface area contributed by atoms with Crippen LogP contribution >= 0.6 is 22.6 Å². The van der Waals surface area contributed by atoms with E-state index in [0.29, 0.717) is 0 Å². The van der Waals surface area contributed by atoms with Gasteiger partial charge < -0.3 is 0 Å².